The predicted molar refractivity (Wildman–Crippen MR) is 72.8 cm³/mol. The molecule has 1 saturated carbocycles. The highest BCUT2D eigenvalue weighted by atomic mass is 16.5. The van der Waals surface area contributed by atoms with Crippen LogP contribution in [0.2, 0.25) is 0 Å². The van der Waals surface area contributed by atoms with Crippen LogP contribution in [0.5, 0.6) is 5.75 Å². The summed E-state index contributed by atoms with van der Waals surface area (Å²) >= 11 is 0. The first-order valence-corrected chi connectivity index (χ1v) is 6.40. The van der Waals surface area contributed by atoms with Crippen molar-refractivity contribution in [2.75, 3.05) is 13.7 Å². The molecule has 0 unspecified atom stereocenters. The highest BCUT2D eigenvalue weighted by molar-refractivity contribution is 5.27. The van der Waals surface area contributed by atoms with Crippen LogP contribution in [0.25, 0.3) is 0 Å². The predicted octanol–water partition coefficient (Wildman–Crippen LogP) is 2.52. The fraction of sp³-hybridized carbons (Fsp3) is 0.467. The molecule has 0 bridgehead atoms. The summed E-state index contributed by atoms with van der Waals surface area (Å²) in [7, 11) is 1.78. The smallest absolute Gasteiger partial charge is 0.119 e. The molecule has 0 amide bonds. The molecule has 1 fully saturated rings. The van der Waals surface area contributed by atoms with E-state index >= 15 is 0 Å². The van der Waals surface area contributed by atoms with Crippen molar-refractivity contribution in [2.24, 2.45) is 0 Å². The molecule has 0 aliphatic heterocycles. The lowest BCUT2D eigenvalue weighted by Gasteiger charge is -2.34. The molecule has 1 aromatic rings. The standard InChI is InChI=1S/C15H21NO2/c1-3-8-18-14-6-4-12(5-7-14)11-16-13-9-15(10-13)17-2/h3-7,13,15-16H,1,8-11H2,2H3. The van der Waals surface area contributed by atoms with E-state index < -0.39 is 0 Å². The molecule has 18 heavy (non-hydrogen) atoms. The van der Waals surface area contributed by atoms with Gasteiger partial charge in [-0.15, -0.1) is 0 Å². The molecule has 0 spiro atoms. The van der Waals surface area contributed by atoms with Crippen LogP contribution >= 0.6 is 0 Å². The van der Waals surface area contributed by atoms with E-state index in [9.17, 15) is 0 Å². The first-order chi connectivity index (χ1) is 8.81. The van der Waals surface area contributed by atoms with E-state index in [0.29, 0.717) is 18.8 Å². The number of methoxy groups -OCH3 is 1. The summed E-state index contributed by atoms with van der Waals surface area (Å²) < 4.78 is 10.7. The molecule has 0 heterocycles. The van der Waals surface area contributed by atoms with Crippen LogP contribution < -0.4 is 10.1 Å². The second-order valence-corrected chi connectivity index (χ2v) is 4.65. The molecule has 98 valence electrons. The molecule has 0 atom stereocenters. The SMILES string of the molecule is C=CCOc1ccc(CNC2CC(OC)C2)cc1. The largest absolute Gasteiger partial charge is 0.490 e. The molecule has 1 aliphatic carbocycles. The van der Waals surface area contributed by atoms with E-state index in [-0.39, 0.29) is 0 Å². The van der Waals surface area contributed by atoms with Gasteiger partial charge in [0.1, 0.15) is 12.4 Å². The third kappa shape index (κ3) is 3.59. The Labute approximate surface area is 109 Å². The normalized spacial score (nSPS) is 22.3. The minimum atomic E-state index is 0.456. The van der Waals surface area contributed by atoms with Gasteiger partial charge in [0.2, 0.25) is 0 Å². The number of nitrogens with one attached hydrogen (secondary N) is 1. The van der Waals surface area contributed by atoms with Crippen LogP contribution in [0.1, 0.15) is 18.4 Å². The maximum atomic E-state index is 5.44. The Balaban J connectivity index is 1.71. The van der Waals surface area contributed by atoms with Gasteiger partial charge < -0.3 is 14.8 Å². The first-order valence-electron chi connectivity index (χ1n) is 6.40. The number of ether oxygens (including phenoxy) is 2. The zero-order valence-electron chi connectivity index (χ0n) is 10.9. The molecule has 2 rings (SSSR count). The van der Waals surface area contributed by atoms with Gasteiger partial charge in [-0.1, -0.05) is 24.8 Å². The molecule has 1 N–H and O–H groups in total. The highest BCUT2D eigenvalue weighted by Gasteiger charge is 2.28. The van der Waals surface area contributed by atoms with Gasteiger partial charge in [-0.3, -0.25) is 0 Å². The summed E-state index contributed by atoms with van der Waals surface area (Å²) in [5.74, 6) is 0.891. The van der Waals surface area contributed by atoms with E-state index in [1.165, 1.54) is 5.56 Å². The van der Waals surface area contributed by atoms with Gasteiger partial charge in [0.25, 0.3) is 0 Å². The summed E-state index contributed by atoms with van der Waals surface area (Å²) in [6.07, 6.45) is 4.45. The lowest BCUT2D eigenvalue weighted by atomic mass is 9.89. The Morgan fingerprint density at radius 1 is 1.33 bits per heavy atom. The zero-order chi connectivity index (χ0) is 12.8. The van der Waals surface area contributed by atoms with Crippen molar-refractivity contribution < 1.29 is 9.47 Å². The van der Waals surface area contributed by atoms with Gasteiger partial charge in [-0.25, -0.2) is 0 Å². The van der Waals surface area contributed by atoms with Crippen LogP contribution in [0.3, 0.4) is 0 Å². The molecule has 0 aromatic heterocycles. The third-order valence-electron chi connectivity index (χ3n) is 3.31. The Morgan fingerprint density at radius 2 is 2.06 bits per heavy atom. The molecule has 0 saturated heterocycles. The summed E-state index contributed by atoms with van der Waals surface area (Å²) in [6, 6.07) is 8.79. The number of hydrogen-bond acceptors (Lipinski definition) is 3. The fourth-order valence-corrected chi connectivity index (χ4v) is 2.05. The van der Waals surface area contributed by atoms with Crippen LogP contribution in [-0.4, -0.2) is 25.9 Å². The number of rotatable bonds is 7. The third-order valence-corrected chi connectivity index (χ3v) is 3.31. The Kier molecular flexibility index (Phi) is 4.79. The summed E-state index contributed by atoms with van der Waals surface area (Å²) in [5, 5.41) is 3.53. The fourth-order valence-electron chi connectivity index (χ4n) is 2.05. The molecular formula is C15H21NO2. The maximum absolute atomic E-state index is 5.44. The summed E-state index contributed by atoms with van der Waals surface area (Å²) in [4.78, 5) is 0. The summed E-state index contributed by atoms with van der Waals surface area (Å²) in [5.41, 5.74) is 1.28. The molecule has 3 nitrogen and oxygen atoms in total. The van der Waals surface area contributed by atoms with E-state index in [2.05, 4.69) is 24.0 Å². The second kappa shape index (κ2) is 6.57. The van der Waals surface area contributed by atoms with Gasteiger partial charge in [0.15, 0.2) is 0 Å². The van der Waals surface area contributed by atoms with Crippen LogP contribution in [0.4, 0.5) is 0 Å². The Hall–Kier alpha value is -1.32. The van der Waals surface area contributed by atoms with Crippen LogP contribution in [-0.2, 0) is 11.3 Å². The average molecular weight is 247 g/mol. The van der Waals surface area contributed by atoms with Gasteiger partial charge in [0.05, 0.1) is 6.10 Å². The summed E-state index contributed by atoms with van der Waals surface area (Å²) in [6.45, 7) is 5.09. The molecule has 3 heteroatoms. The lowest BCUT2D eigenvalue weighted by Crippen LogP contribution is -2.44. The zero-order valence-corrected chi connectivity index (χ0v) is 10.9. The number of hydrogen-bond donors (Lipinski definition) is 1. The van der Waals surface area contributed by atoms with E-state index in [1.807, 2.05) is 12.1 Å². The molecule has 1 aliphatic rings. The van der Waals surface area contributed by atoms with Gasteiger partial charge in [-0.05, 0) is 30.5 Å². The van der Waals surface area contributed by atoms with Crippen LogP contribution in [0.15, 0.2) is 36.9 Å². The lowest BCUT2D eigenvalue weighted by molar-refractivity contribution is 0.0170. The minimum Gasteiger partial charge on any atom is -0.490 e. The van der Waals surface area contributed by atoms with Crippen LogP contribution in [0, 0.1) is 0 Å². The van der Waals surface area contributed by atoms with E-state index in [4.69, 9.17) is 9.47 Å². The Bertz CT molecular complexity index is 369. The van der Waals surface area contributed by atoms with Gasteiger partial charge in [-0.2, -0.15) is 0 Å². The minimum absolute atomic E-state index is 0.456. The van der Waals surface area contributed by atoms with Crippen molar-refractivity contribution in [2.45, 2.75) is 31.5 Å². The molecule has 0 radical (unpaired) electrons. The van der Waals surface area contributed by atoms with Crippen molar-refractivity contribution >= 4 is 0 Å². The molecular weight excluding hydrogens is 226 g/mol. The monoisotopic (exact) mass is 247 g/mol. The van der Waals surface area contributed by atoms with Gasteiger partial charge in [0, 0.05) is 19.7 Å². The van der Waals surface area contributed by atoms with Crippen molar-refractivity contribution in [3.8, 4) is 5.75 Å². The topological polar surface area (TPSA) is 30.5 Å². The average Bonchev–Trinajstić information content (AvgIpc) is 2.36. The van der Waals surface area contributed by atoms with E-state index in [0.717, 1.165) is 25.1 Å². The quantitative estimate of drug-likeness (QED) is 0.751. The van der Waals surface area contributed by atoms with Crippen molar-refractivity contribution in [3.63, 3.8) is 0 Å². The molecule has 1 aromatic carbocycles. The van der Waals surface area contributed by atoms with Crippen molar-refractivity contribution in [3.05, 3.63) is 42.5 Å². The van der Waals surface area contributed by atoms with E-state index in [1.54, 1.807) is 13.2 Å². The Morgan fingerprint density at radius 3 is 2.67 bits per heavy atom. The van der Waals surface area contributed by atoms with Crippen molar-refractivity contribution in [1.29, 1.82) is 0 Å². The maximum Gasteiger partial charge on any atom is 0.119 e. The number of benzene rings is 1. The van der Waals surface area contributed by atoms with Crippen molar-refractivity contribution in [1.82, 2.24) is 5.32 Å². The highest BCUT2D eigenvalue weighted by Crippen LogP contribution is 2.23. The first kappa shape index (κ1) is 13.1. The second-order valence-electron chi connectivity index (χ2n) is 4.65. The van der Waals surface area contributed by atoms with Gasteiger partial charge >= 0.3 is 0 Å².